The maximum Gasteiger partial charge on any atom is 0.318 e. The zero-order valence-electron chi connectivity index (χ0n) is 12.2. The lowest BCUT2D eigenvalue weighted by Crippen LogP contribution is -2.56. The monoisotopic (exact) mass is 318 g/mol. The minimum Gasteiger partial charge on any atom is -0.354 e. The molecule has 21 heavy (non-hydrogen) atoms. The van der Waals surface area contributed by atoms with Crippen molar-refractivity contribution in [1.29, 1.82) is 0 Å². The summed E-state index contributed by atoms with van der Waals surface area (Å²) in [5, 5.41) is 5.51. The number of piperazine rings is 1. The molecule has 2 rings (SSSR count). The fourth-order valence-corrected chi connectivity index (χ4v) is 3.37. The molecule has 0 aromatic carbocycles. The number of nitrogens with zero attached hydrogens (tertiary/aromatic N) is 2. The van der Waals surface area contributed by atoms with Gasteiger partial charge in [-0.05, 0) is 19.3 Å². The number of carbonyl (C=O) groups is 2. The summed E-state index contributed by atoms with van der Waals surface area (Å²) in [6, 6.07) is -0.793. The number of carbonyl (C=O) groups excluding carboxylic acids is 2. The van der Waals surface area contributed by atoms with Gasteiger partial charge in [-0.1, -0.05) is 0 Å². The van der Waals surface area contributed by atoms with E-state index in [1.165, 1.54) is 10.6 Å². The Balaban J connectivity index is 1.86. The van der Waals surface area contributed by atoms with Crippen molar-refractivity contribution < 1.29 is 18.0 Å². The van der Waals surface area contributed by atoms with E-state index in [0.29, 0.717) is 39.1 Å². The molecule has 0 bridgehead atoms. The number of nitrogens with one attached hydrogen (secondary N) is 2. The summed E-state index contributed by atoms with van der Waals surface area (Å²) >= 11 is 0. The zero-order valence-corrected chi connectivity index (χ0v) is 13.0. The first-order valence-corrected chi connectivity index (χ1v) is 9.01. The van der Waals surface area contributed by atoms with E-state index < -0.39 is 16.1 Å². The van der Waals surface area contributed by atoms with Crippen LogP contribution in [0.15, 0.2) is 0 Å². The lowest BCUT2D eigenvalue weighted by molar-refractivity contribution is -0.122. The first kappa shape index (κ1) is 16.0. The Morgan fingerprint density at radius 3 is 2.52 bits per heavy atom. The average Bonchev–Trinajstić information content (AvgIpc) is 2.63. The minimum absolute atomic E-state index is 0.143. The number of hydrogen-bond donors (Lipinski definition) is 2. The van der Waals surface area contributed by atoms with Crippen molar-refractivity contribution in [3.63, 3.8) is 0 Å². The van der Waals surface area contributed by atoms with E-state index in [2.05, 4.69) is 10.6 Å². The van der Waals surface area contributed by atoms with Crippen molar-refractivity contribution in [2.45, 2.75) is 25.3 Å². The van der Waals surface area contributed by atoms with Crippen molar-refractivity contribution >= 4 is 22.0 Å². The van der Waals surface area contributed by atoms with Crippen LogP contribution in [-0.4, -0.2) is 74.6 Å². The molecular weight excluding hydrogens is 296 g/mol. The average molecular weight is 318 g/mol. The van der Waals surface area contributed by atoms with Gasteiger partial charge in [0.15, 0.2) is 0 Å². The molecule has 0 aromatic rings. The summed E-state index contributed by atoms with van der Waals surface area (Å²) in [6.45, 7) is 1.92. The molecule has 2 aliphatic rings. The molecule has 0 radical (unpaired) electrons. The Labute approximate surface area is 124 Å². The Kier molecular flexibility index (Phi) is 5.04. The highest BCUT2D eigenvalue weighted by molar-refractivity contribution is 7.88. The summed E-state index contributed by atoms with van der Waals surface area (Å²) in [6.07, 6.45) is 3.62. The van der Waals surface area contributed by atoms with Crippen molar-refractivity contribution in [3.05, 3.63) is 0 Å². The molecule has 120 valence electrons. The summed E-state index contributed by atoms with van der Waals surface area (Å²) in [5.41, 5.74) is 0. The van der Waals surface area contributed by atoms with Gasteiger partial charge in [-0.15, -0.1) is 0 Å². The minimum atomic E-state index is -3.20. The van der Waals surface area contributed by atoms with E-state index in [9.17, 15) is 18.0 Å². The fourth-order valence-electron chi connectivity index (χ4n) is 2.54. The van der Waals surface area contributed by atoms with Crippen molar-refractivity contribution in [3.8, 4) is 0 Å². The van der Waals surface area contributed by atoms with Gasteiger partial charge in [-0.3, -0.25) is 4.79 Å². The quantitative estimate of drug-likeness (QED) is 0.678. The van der Waals surface area contributed by atoms with E-state index in [1.807, 2.05) is 0 Å². The molecule has 2 N–H and O–H groups in total. The SMILES string of the molecule is CS(=O)(=O)N1CCN(C(=O)N[C@@H]2CCCCNC2=O)CC1. The molecule has 0 aromatic heterocycles. The third-order valence-corrected chi connectivity index (χ3v) is 5.13. The molecule has 0 saturated carbocycles. The molecule has 2 saturated heterocycles. The summed E-state index contributed by atoms with van der Waals surface area (Å²) < 4.78 is 24.2. The summed E-state index contributed by atoms with van der Waals surface area (Å²) in [5.74, 6) is -0.143. The standard InChI is InChI=1S/C12H22N4O4S/c1-21(19,20)16-8-6-15(7-9-16)12(18)14-10-4-2-3-5-13-11(10)17/h10H,2-9H2,1H3,(H,13,17)(H,14,18)/t10-/m1/s1. The van der Waals surface area contributed by atoms with Gasteiger partial charge in [0.25, 0.3) is 0 Å². The van der Waals surface area contributed by atoms with E-state index in [-0.39, 0.29) is 11.9 Å². The molecule has 3 amide bonds. The lowest BCUT2D eigenvalue weighted by Gasteiger charge is -2.34. The summed E-state index contributed by atoms with van der Waals surface area (Å²) in [4.78, 5) is 25.5. The Hall–Kier alpha value is -1.35. The third-order valence-electron chi connectivity index (χ3n) is 3.83. The number of rotatable bonds is 2. The highest BCUT2D eigenvalue weighted by atomic mass is 32.2. The van der Waals surface area contributed by atoms with Crippen LogP contribution in [-0.2, 0) is 14.8 Å². The van der Waals surface area contributed by atoms with Gasteiger partial charge in [0, 0.05) is 32.7 Å². The molecule has 0 aliphatic carbocycles. The largest absolute Gasteiger partial charge is 0.354 e. The maximum absolute atomic E-state index is 12.1. The van der Waals surface area contributed by atoms with E-state index in [1.54, 1.807) is 4.90 Å². The van der Waals surface area contributed by atoms with E-state index in [0.717, 1.165) is 12.8 Å². The first-order valence-electron chi connectivity index (χ1n) is 7.16. The number of amides is 3. The third kappa shape index (κ3) is 4.31. The Bertz CT molecular complexity index is 499. The van der Waals surface area contributed by atoms with Gasteiger partial charge in [0.05, 0.1) is 6.26 Å². The van der Waals surface area contributed by atoms with Crippen LogP contribution in [0, 0.1) is 0 Å². The van der Waals surface area contributed by atoms with Gasteiger partial charge in [-0.25, -0.2) is 13.2 Å². The van der Waals surface area contributed by atoms with Crippen LogP contribution in [0.5, 0.6) is 0 Å². The Morgan fingerprint density at radius 1 is 1.24 bits per heavy atom. The highest BCUT2D eigenvalue weighted by Gasteiger charge is 2.29. The topological polar surface area (TPSA) is 98.8 Å². The van der Waals surface area contributed by atoms with Crippen molar-refractivity contribution in [2.24, 2.45) is 0 Å². The molecule has 2 heterocycles. The first-order chi connectivity index (χ1) is 9.88. The van der Waals surface area contributed by atoms with Crippen LogP contribution in [0.25, 0.3) is 0 Å². The maximum atomic E-state index is 12.1. The van der Waals surface area contributed by atoms with Crippen LogP contribution < -0.4 is 10.6 Å². The van der Waals surface area contributed by atoms with Crippen LogP contribution in [0.3, 0.4) is 0 Å². The van der Waals surface area contributed by atoms with Crippen LogP contribution in [0.4, 0.5) is 4.79 Å². The number of sulfonamides is 1. The zero-order chi connectivity index (χ0) is 15.5. The molecule has 1 atom stereocenters. The molecule has 2 fully saturated rings. The molecule has 0 unspecified atom stereocenters. The Morgan fingerprint density at radius 2 is 1.90 bits per heavy atom. The van der Waals surface area contributed by atoms with Gasteiger partial charge in [0.1, 0.15) is 6.04 Å². The second-order valence-electron chi connectivity index (χ2n) is 5.44. The predicted octanol–water partition coefficient (Wildman–Crippen LogP) is -1.06. The van der Waals surface area contributed by atoms with E-state index in [4.69, 9.17) is 0 Å². The van der Waals surface area contributed by atoms with Crippen LogP contribution in [0.1, 0.15) is 19.3 Å². The molecule has 2 aliphatic heterocycles. The van der Waals surface area contributed by atoms with Gasteiger partial charge >= 0.3 is 6.03 Å². The second-order valence-corrected chi connectivity index (χ2v) is 7.42. The second kappa shape index (κ2) is 6.61. The summed E-state index contributed by atoms with van der Waals surface area (Å²) in [7, 11) is -3.20. The molecule has 0 spiro atoms. The normalized spacial score (nSPS) is 25.1. The number of urea groups is 1. The molecular formula is C12H22N4O4S. The number of hydrogen-bond acceptors (Lipinski definition) is 4. The molecule has 8 nitrogen and oxygen atoms in total. The molecule has 9 heteroatoms. The van der Waals surface area contributed by atoms with Gasteiger partial charge < -0.3 is 15.5 Å². The fraction of sp³-hybridized carbons (Fsp3) is 0.833. The predicted molar refractivity (Wildman–Crippen MR) is 77.2 cm³/mol. The van der Waals surface area contributed by atoms with Gasteiger partial charge in [-0.2, -0.15) is 4.31 Å². The van der Waals surface area contributed by atoms with Crippen LogP contribution >= 0.6 is 0 Å². The van der Waals surface area contributed by atoms with Crippen LogP contribution in [0.2, 0.25) is 0 Å². The van der Waals surface area contributed by atoms with E-state index >= 15 is 0 Å². The van der Waals surface area contributed by atoms with Crippen molar-refractivity contribution in [1.82, 2.24) is 19.8 Å². The lowest BCUT2D eigenvalue weighted by atomic mass is 10.1. The highest BCUT2D eigenvalue weighted by Crippen LogP contribution is 2.09. The van der Waals surface area contributed by atoms with Gasteiger partial charge in [0.2, 0.25) is 15.9 Å². The smallest absolute Gasteiger partial charge is 0.318 e. The van der Waals surface area contributed by atoms with Crippen molar-refractivity contribution in [2.75, 3.05) is 39.0 Å².